The fourth-order valence-electron chi connectivity index (χ4n) is 2.63. The molecule has 0 aromatic heterocycles. The van der Waals surface area contributed by atoms with E-state index in [4.69, 9.17) is 4.74 Å². The number of amides is 3. The van der Waals surface area contributed by atoms with Gasteiger partial charge in [-0.1, -0.05) is 19.8 Å². The lowest BCUT2D eigenvalue weighted by Crippen LogP contribution is -2.48. The SMILES string of the molecule is CC1CCCCC1NC(=O)NC(=O)COc1ccc(F)cc1Br. The van der Waals surface area contributed by atoms with Crippen LogP contribution in [-0.2, 0) is 4.79 Å². The zero-order valence-corrected chi connectivity index (χ0v) is 14.5. The van der Waals surface area contributed by atoms with Crippen LogP contribution in [0.15, 0.2) is 22.7 Å². The Bertz CT molecular complexity index is 582. The van der Waals surface area contributed by atoms with Gasteiger partial charge in [-0.25, -0.2) is 9.18 Å². The van der Waals surface area contributed by atoms with Crippen molar-refractivity contribution >= 4 is 27.9 Å². The molecule has 0 aliphatic heterocycles. The Balaban J connectivity index is 1.76. The molecular formula is C16H20BrFN2O3. The lowest BCUT2D eigenvalue weighted by molar-refractivity contribution is -0.122. The van der Waals surface area contributed by atoms with Crippen LogP contribution in [-0.4, -0.2) is 24.6 Å². The van der Waals surface area contributed by atoms with Gasteiger partial charge in [-0.15, -0.1) is 0 Å². The van der Waals surface area contributed by atoms with Crippen LogP contribution in [0, 0.1) is 11.7 Å². The van der Waals surface area contributed by atoms with Crippen LogP contribution >= 0.6 is 15.9 Å². The number of imide groups is 1. The highest BCUT2D eigenvalue weighted by atomic mass is 79.9. The third kappa shape index (κ3) is 5.49. The van der Waals surface area contributed by atoms with Crippen LogP contribution in [0.1, 0.15) is 32.6 Å². The summed E-state index contributed by atoms with van der Waals surface area (Å²) in [6.07, 6.45) is 4.29. The normalized spacial score (nSPS) is 20.7. The number of nitrogens with one attached hydrogen (secondary N) is 2. The van der Waals surface area contributed by atoms with Crippen molar-refractivity contribution in [3.05, 3.63) is 28.5 Å². The van der Waals surface area contributed by atoms with E-state index in [0.717, 1.165) is 19.3 Å². The highest BCUT2D eigenvalue weighted by Gasteiger charge is 2.23. The zero-order chi connectivity index (χ0) is 16.8. The molecule has 1 aromatic rings. The van der Waals surface area contributed by atoms with Gasteiger partial charge in [0.15, 0.2) is 6.61 Å². The van der Waals surface area contributed by atoms with Crippen molar-refractivity contribution in [2.75, 3.05) is 6.61 Å². The second kappa shape index (κ2) is 8.29. The summed E-state index contributed by atoms with van der Waals surface area (Å²) in [6, 6.07) is 3.48. The fraction of sp³-hybridized carbons (Fsp3) is 0.500. The number of benzene rings is 1. The number of hydrogen-bond acceptors (Lipinski definition) is 3. The van der Waals surface area contributed by atoms with Crippen LogP contribution in [0.25, 0.3) is 0 Å². The highest BCUT2D eigenvalue weighted by Crippen LogP contribution is 2.25. The molecule has 0 spiro atoms. The molecular weight excluding hydrogens is 367 g/mol. The molecule has 3 amide bonds. The van der Waals surface area contributed by atoms with E-state index in [1.54, 1.807) is 0 Å². The van der Waals surface area contributed by atoms with Crippen molar-refractivity contribution in [3.63, 3.8) is 0 Å². The molecule has 2 unspecified atom stereocenters. The van der Waals surface area contributed by atoms with E-state index in [1.807, 2.05) is 0 Å². The van der Waals surface area contributed by atoms with Gasteiger partial charge in [0.2, 0.25) is 0 Å². The summed E-state index contributed by atoms with van der Waals surface area (Å²) in [6.45, 7) is 1.78. The van der Waals surface area contributed by atoms with E-state index in [9.17, 15) is 14.0 Å². The Morgan fingerprint density at radius 1 is 1.35 bits per heavy atom. The van der Waals surface area contributed by atoms with Crippen molar-refractivity contribution in [2.24, 2.45) is 5.92 Å². The van der Waals surface area contributed by atoms with Gasteiger partial charge in [-0.2, -0.15) is 0 Å². The minimum Gasteiger partial charge on any atom is -0.483 e. The Morgan fingerprint density at radius 3 is 2.78 bits per heavy atom. The molecule has 2 N–H and O–H groups in total. The van der Waals surface area contributed by atoms with Crippen molar-refractivity contribution in [2.45, 2.75) is 38.6 Å². The first-order valence-electron chi connectivity index (χ1n) is 7.64. The maximum Gasteiger partial charge on any atom is 0.321 e. The number of ether oxygens (including phenoxy) is 1. The van der Waals surface area contributed by atoms with E-state index in [1.165, 1.54) is 24.6 Å². The average Bonchev–Trinajstić information content (AvgIpc) is 2.48. The smallest absolute Gasteiger partial charge is 0.321 e. The largest absolute Gasteiger partial charge is 0.483 e. The second-order valence-corrected chi connectivity index (χ2v) is 6.61. The van der Waals surface area contributed by atoms with Crippen molar-refractivity contribution in [1.29, 1.82) is 0 Å². The fourth-order valence-corrected chi connectivity index (χ4v) is 3.10. The maximum absolute atomic E-state index is 13.0. The maximum atomic E-state index is 13.0. The average molecular weight is 387 g/mol. The molecule has 1 fully saturated rings. The summed E-state index contributed by atoms with van der Waals surface area (Å²) in [4.78, 5) is 23.6. The van der Waals surface area contributed by atoms with Gasteiger partial charge < -0.3 is 10.1 Å². The molecule has 0 radical (unpaired) electrons. The van der Waals surface area contributed by atoms with Gasteiger partial charge in [0.1, 0.15) is 11.6 Å². The van der Waals surface area contributed by atoms with Crippen LogP contribution in [0.5, 0.6) is 5.75 Å². The van der Waals surface area contributed by atoms with Gasteiger partial charge in [-0.3, -0.25) is 10.1 Å². The molecule has 1 aliphatic rings. The highest BCUT2D eigenvalue weighted by molar-refractivity contribution is 9.10. The third-order valence-electron chi connectivity index (χ3n) is 3.93. The standard InChI is InChI=1S/C16H20BrFN2O3/c1-10-4-2-3-5-13(10)19-16(22)20-15(21)9-23-14-7-6-11(18)8-12(14)17/h6-8,10,13H,2-5,9H2,1H3,(H2,19,20,21,22). The van der Waals surface area contributed by atoms with E-state index in [0.29, 0.717) is 16.1 Å². The van der Waals surface area contributed by atoms with Gasteiger partial charge in [0, 0.05) is 6.04 Å². The molecule has 2 rings (SSSR count). The van der Waals surface area contributed by atoms with E-state index in [2.05, 4.69) is 33.5 Å². The Kier molecular flexibility index (Phi) is 6.38. The lowest BCUT2D eigenvalue weighted by atomic mass is 9.86. The summed E-state index contributed by atoms with van der Waals surface area (Å²) in [5, 5.41) is 5.08. The first-order valence-corrected chi connectivity index (χ1v) is 8.43. The number of carbonyl (C=O) groups is 2. The zero-order valence-electron chi connectivity index (χ0n) is 12.9. The molecule has 7 heteroatoms. The lowest BCUT2D eigenvalue weighted by Gasteiger charge is -2.29. The van der Waals surface area contributed by atoms with Crippen molar-refractivity contribution in [1.82, 2.24) is 10.6 Å². The van der Waals surface area contributed by atoms with Crippen LogP contribution < -0.4 is 15.4 Å². The van der Waals surface area contributed by atoms with Crippen LogP contribution in [0.4, 0.5) is 9.18 Å². The number of rotatable bonds is 4. The molecule has 1 aliphatic carbocycles. The van der Waals surface area contributed by atoms with Gasteiger partial charge in [0.05, 0.1) is 4.47 Å². The predicted octanol–water partition coefficient (Wildman–Crippen LogP) is 3.37. The molecule has 2 atom stereocenters. The molecule has 0 saturated heterocycles. The van der Waals surface area contributed by atoms with Gasteiger partial charge in [-0.05, 0) is 52.9 Å². The number of hydrogen-bond donors (Lipinski definition) is 2. The Morgan fingerprint density at radius 2 is 2.09 bits per heavy atom. The van der Waals surface area contributed by atoms with E-state index in [-0.39, 0.29) is 12.6 Å². The third-order valence-corrected chi connectivity index (χ3v) is 4.55. The number of carbonyl (C=O) groups excluding carboxylic acids is 2. The Labute approximate surface area is 143 Å². The minimum atomic E-state index is -0.554. The molecule has 0 heterocycles. The van der Waals surface area contributed by atoms with Crippen molar-refractivity contribution in [3.8, 4) is 5.75 Å². The van der Waals surface area contributed by atoms with Crippen molar-refractivity contribution < 1.29 is 18.7 Å². The minimum absolute atomic E-state index is 0.101. The molecule has 1 aromatic carbocycles. The molecule has 5 nitrogen and oxygen atoms in total. The van der Waals surface area contributed by atoms with Crippen LogP contribution in [0.3, 0.4) is 0 Å². The summed E-state index contributed by atoms with van der Waals surface area (Å²) < 4.78 is 18.6. The monoisotopic (exact) mass is 386 g/mol. The molecule has 23 heavy (non-hydrogen) atoms. The van der Waals surface area contributed by atoms with Gasteiger partial charge >= 0.3 is 6.03 Å². The van der Waals surface area contributed by atoms with Gasteiger partial charge in [0.25, 0.3) is 5.91 Å². The number of halogens is 2. The quantitative estimate of drug-likeness (QED) is 0.833. The Hall–Kier alpha value is -1.63. The number of urea groups is 1. The predicted molar refractivity (Wildman–Crippen MR) is 87.7 cm³/mol. The molecule has 0 bridgehead atoms. The summed E-state index contributed by atoms with van der Waals surface area (Å²) in [7, 11) is 0. The summed E-state index contributed by atoms with van der Waals surface area (Å²) in [5.41, 5.74) is 0. The summed E-state index contributed by atoms with van der Waals surface area (Å²) >= 11 is 3.14. The second-order valence-electron chi connectivity index (χ2n) is 5.75. The van der Waals surface area contributed by atoms with E-state index < -0.39 is 17.8 Å². The van der Waals surface area contributed by atoms with Crippen LogP contribution in [0.2, 0.25) is 0 Å². The first-order chi connectivity index (χ1) is 11.0. The first kappa shape index (κ1) is 17.7. The van der Waals surface area contributed by atoms with E-state index >= 15 is 0 Å². The molecule has 126 valence electrons. The summed E-state index contributed by atoms with van der Waals surface area (Å²) in [5.74, 6) is -0.212. The topological polar surface area (TPSA) is 67.4 Å². The molecule has 1 saturated carbocycles.